The molecule has 0 aliphatic rings. The van der Waals surface area contributed by atoms with Crippen molar-refractivity contribution < 1.29 is 9.53 Å². The van der Waals surface area contributed by atoms with Crippen LogP contribution in [-0.2, 0) is 4.74 Å². The maximum absolute atomic E-state index is 11.5. The van der Waals surface area contributed by atoms with Gasteiger partial charge in [-0.05, 0) is 19.4 Å². The first-order chi connectivity index (χ1) is 9.58. The number of benzene rings is 1. The first-order valence-electron chi connectivity index (χ1n) is 6.23. The van der Waals surface area contributed by atoms with Gasteiger partial charge in [0, 0.05) is 18.0 Å². The molecule has 2 aromatic heterocycles. The molecule has 1 aromatic carbocycles. The van der Waals surface area contributed by atoms with Gasteiger partial charge in [-0.15, -0.1) is 0 Å². The van der Waals surface area contributed by atoms with Gasteiger partial charge in [-0.3, -0.25) is 4.40 Å². The van der Waals surface area contributed by atoms with Gasteiger partial charge in [-0.2, -0.15) is 0 Å². The number of nitrogens with zero attached hydrogens (tertiary/aromatic N) is 2. The Morgan fingerprint density at radius 1 is 1.30 bits per heavy atom. The van der Waals surface area contributed by atoms with Crippen molar-refractivity contribution in [3.63, 3.8) is 0 Å². The Labute approximate surface area is 120 Å². The summed E-state index contributed by atoms with van der Waals surface area (Å²) >= 11 is 1.33. The molecule has 0 N–H and O–H groups in total. The molecular weight excluding hydrogens is 272 g/mol. The molecule has 0 saturated carbocycles. The van der Waals surface area contributed by atoms with Crippen LogP contribution in [0.25, 0.3) is 16.2 Å². The molecule has 0 radical (unpaired) electrons. The van der Waals surface area contributed by atoms with Crippen LogP contribution in [0.2, 0.25) is 0 Å². The molecule has 3 rings (SSSR count). The van der Waals surface area contributed by atoms with Crippen molar-refractivity contribution in [1.82, 2.24) is 9.38 Å². The van der Waals surface area contributed by atoms with Crippen molar-refractivity contribution in [1.29, 1.82) is 0 Å². The number of imidazole rings is 1. The number of esters is 1. The van der Waals surface area contributed by atoms with E-state index in [9.17, 15) is 4.79 Å². The van der Waals surface area contributed by atoms with Crippen molar-refractivity contribution in [2.45, 2.75) is 13.8 Å². The van der Waals surface area contributed by atoms with Crippen LogP contribution in [0.5, 0.6) is 0 Å². The average molecular weight is 286 g/mol. The zero-order chi connectivity index (χ0) is 14.3. The van der Waals surface area contributed by atoms with Crippen LogP contribution < -0.4 is 0 Å². The lowest BCUT2D eigenvalue weighted by atomic mass is 10.0. The second kappa shape index (κ2) is 4.76. The third-order valence-corrected chi connectivity index (χ3v) is 4.18. The zero-order valence-electron chi connectivity index (χ0n) is 11.5. The monoisotopic (exact) mass is 286 g/mol. The number of hydrogen-bond acceptors (Lipinski definition) is 4. The molecule has 0 aliphatic carbocycles. The normalized spacial score (nSPS) is 10.9. The van der Waals surface area contributed by atoms with Crippen LogP contribution in [0.4, 0.5) is 0 Å². The fourth-order valence-corrected chi connectivity index (χ4v) is 3.11. The maximum Gasteiger partial charge on any atom is 0.349 e. The Morgan fingerprint density at radius 2 is 2.10 bits per heavy atom. The van der Waals surface area contributed by atoms with Gasteiger partial charge in [0.2, 0.25) is 0 Å². The van der Waals surface area contributed by atoms with Gasteiger partial charge in [-0.25, -0.2) is 9.78 Å². The molecular formula is C15H14N2O2S. The second-order valence-electron chi connectivity index (χ2n) is 4.72. The second-order valence-corrected chi connectivity index (χ2v) is 5.73. The first-order valence-corrected chi connectivity index (χ1v) is 7.04. The summed E-state index contributed by atoms with van der Waals surface area (Å²) in [6.45, 7) is 4.15. The van der Waals surface area contributed by atoms with Crippen LogP contribution >= 0.6 is 11.3 Å². The van der Waals surface area contributed by atoms with Crippen molar-refractivity contribution in [3.8, 4) is 11.3 Å². The Hall–Kier alpha value is -2.14. The molecule has 0 bridgehead atoms. The molecule has 102 valence electrons. The Morgan fingerprint density at radius 3 is 2.75 bits per heavy atom. The van der Waals surface area contributed by atoms with E-state index >= 15 is 0 Å². The smallest absolute Gasteiger partial charge is 0.349 e. The number of carbonyl (C=O) groups is 1. The minimum Gasteiger partial charge on any atom is -0.465 e. The van der Waals surface area contributed by atoms with E-state index in [0.29, 0.717) is 4.88 Å². The van der Waals surface area contributed by atoms with Crippen LogP contribution in [-0.4, -0.2) is 22.5 Å². The molecule has 0 fully saturated rings. The summed E-state index contributed by atoms with van der Waals surface area (Å²) < 4.78 is 6.58. The summed E-state index contributed by atoms with van der Waals surface area (Å²) in [5, 5.41) is 0. The highest BCUT2D eigenvalue weighted by atomic mass is 32.1. The number of aromatic nitrogens is 2. The highest BCUT2D eigenvalue weighted by Crippen LogP contribution is 2.27. The zero-order valence-corrected chi connectivity index (χ0v) is 12.3. The SMILES string of the molecule is COC(=O)c1cn2cc(-c3ccc(C)cc3C)nc2s1. The lowest BCUT2D eigenvalue weighted by molar-refractivity contribution is 0.0606. The van der Waals surface area contributed by atoms with Gasteiger partial charge >= 0.3 is 5.97 Å². The fraction of sp³-hybridized carbons (Fsp3) is 0.200. The molecule has 0 unspecified atom stereocenters. The lowest BCUT2D eigenvalue weighted by Gasteiger charge is -2.03. The van der Waals surface area contributed by atoms with Crippen molar-refractivity contribution >= 4 is 22.3 Å². The molecule has 20 heavy (non-hydrogen) atoms. The standard InChI is InChI=1S/C15H14N2O2S/c1-9-4-5-11(10(2)6-9)12-7-17-8-13(14(18)19-3)20-15(17)16-12/h4-8H,1-3H3. The topological polar surface area (TPSA) is 43.6 Å². The van der Waals surface area contributed by atoms with E-state index < -0.39 is 0 Å². The van der Waals surface area contributed by atoms with E-state index in [2.05, 4.69) is 37.0 Å². The molecule has 3 aromatic rings. The van der Waals surface area contributed by atoms with Crippen LogP contribution in [0, 0.1) is 13.8 Å². The quantitative estimate of drug-likeness (QED) is 0.678. The molecule has 5 heteroatoms. The largest absolute Gasteiger partial charge is 0.465 e. The summed E-state index contributed by atoms with van der Waals surface area (Å²) in [5.74, 6) is -0.325. The van der Waals surface area contributed by atoms with E-state index in [-0.39, 0.29) is 5.97 Å². The minimum absolute atomic E-state index is 0.325. The van der Waals surface area contributed by atoms with Crippen LogP contribution in [0.1, 0.15) is 20.8 Å². The van der Waals surface area contributed by atoms with Crippen molar-refractivity contribution in [3.05, 3.63) is 46.6 Å². The molecule has 4 nitrogen and oxygen atoms in total. The fourth-order valence-electron chi connectivity index (χ4n) is 2.22. The Kier molecular flexibility index (Phi) is 3.06. The van der Waals surface area contributed by atoms with Gasteiger partial charge in [0.05, 0.1) is 12.8 Å². The summed E-state index contributed by atoms with van der Waals surface area (Å²) in [6.07, 6.45) is 3.70. The molecule has 0 amide bonds. The maximum atomic E-state index is 11.5. The number of thiazole rings is 1. The predicted octanol–water partition coefficient (Wildman–Crippen LogP) is 3.47. The summed E-state index contributed by atoms with van der Waals surface area (Å²) in [4.78, 5) is 17.4. The van der Waals surface area contributed by atoms with Gasteiger partial charge in [0.25, 0.3) is 0 Å². The Bertz CT molecular complexity index is 770. The van der Waals surface area contributed by atoms with Crippen molar-refractivity contribution in [2.75, 3.05) is 7.11 Å². The molecule has 0 spiro atoms. The number of rotatable bonds is 2. The third-order valence-electron chi connectivity index (χ3n) is 3.20. The molecule has 0 atom stereocenters. The van der Waals surface area contributed by atoms with Crippen LogP contribution in [0.3, 0.4) is 0 Å². The Balaban J connectivity index is 2.05. The molecule has 2 heterocycles. The number of hydrogen-bond donors (Lipinski definition) is 0. The average Bonchev–Trinajstić information content (AvgIpc) is 2.95. The number of methoxy groups -OCH3 is 1. The van der Waals surface area contributed by atoms with E-state index in [1.165, 1.54) is 29.6 Å². The van der Waals surface area contributed by atoms with Crippen LogP contribution in [0.15, 0.2) is 30.6 Å². The first kappa shape index (κ1) is 12.9. The van der Waals surface area contributed by atoms with Gasteiger partial charge in [-0.1, -0.05) is 35.1 Å². The number of carbonyl (C=O) groups excluding carboxylic acids is 1. The van der Waals surface area contributed by atoms with E-state index in [1.54, 1.807) is 6.20 Å². The van der Waals surface area contributed by atoms with Gasteiger partial charge in [0.1, 0.15) is 4.88 Å². The predicted molar refractivity (Wildman–Crippen MR) is 79.3 cm³/mol. The minimum atomic E-state index is -0.325. The summed E-state index contributed by atoms with van der Waals surface area (Å²) in [5.41, 5.74) is 4.47. The number of fused-ring (bicyclic) bond motifs is 1. The van der Waals surface area contributed by atoms with Gasteiger partial charge < -0.3 is 4.74 Å². The number of ether oxygens (including phenoxy) is 1. The van der Waals surface area contributed by atoms with E-state index in [4.69, 9.17) is 4.74 Å². The highest BCUT2D eigenvalue weighted by molar-refractivity contribution is 7.18. The summed E-state index contributed by atoms with van der Waals surface area (Å²) in [6, 6.07) is 6.30. The van der Waals surface area contributed by atoms with E-state index in [1.807, 2.05) is 10.6 Å². The lowest BCUT2D eigenvalue weighted by Crippen LogP contribution is -1.97. The number of aryl methyl sites for hydroxylation is 2. The third kappa shape index (κ3) is 2.10. The van der Waals surface area contributed by atoms with Crippen molar-refractivity contribution in [2.24, 2.45) is 0 Å². The molecule has 0 saturated heterocycles. The highest BCUT2D eigenvalue weighted by Gasteiger charge is 2.14. The van der Waals surface area contributed by atoms with E-state index in [0.717, 1.165) is 16.2 Å². The molecule has 0 aliphatic heterocycles. The summed E-state index contributed by atoms with van der Waals surface area (Å²) in [7, 11) is 1.38. The van der Waals surface area contributed by atoms with Gasteiger partial charge in [0.15, 0.2) is 4.96 Å².